The molecule has 6 N–H and O–H groups in total. The Morgan fingerprint density at radius 2 is 2.00 bits per heavy atom. The maximum atomic E-state index is 10.9. The van der Waals surface area contributed by atoms with E-state index in [1.54, 1.807) is 0 Å². The molecule has 0 aromatic rings. The Labute approximate surface area is 69.2 Å². The Balaban J connectivity index is 4.46. The monoisotopic (exact) mass is 179 g/mol. The molecule has 0 saturated carbocycles. The number of carbonyl (C=O) groups excluding carboxylic acids is 1. The largest absolute Gasteiger partial charge is 0.393 e. The smallest absolute Gasteiger partial charge is 0.212 e. The predicted molar refractivity (Wildman–Crippen MR) is 38.9 cm³/mol. The first-order chi connectivity index (χ1) is 5.34. The van der Waals surface area contributed by atoms with Crippen LogP contribution in [0.15, 0.2) is 0 Å². The van der Waals surface area contributed by atoms with Crippen LogP contribution in [-0.4, -0.2) is 50.7 Å². The lowest BCUT2D eigenvalue weighted by Crippen LogP contribution is -2.60. The van der Waals surface area contributed by atoms with Crippen molar-refractivity contribution in [2.24, 2.45) is 5.73 Å². The van der Waals surface area contributed by atoms with E-state index in [9.17, 15) is 4.79 Å². The summed E-state index contributed by atoms with van der Waals surface area (Å²) in [6.45, 7) is 0.257. The van der Waals surface area contributed by atoms with Gasteiger partial charge in [0, 0.05) is 0 Å². The van der Waals surface area contributed by atoms with Crippen molar-refractivity contribution < 1.29 is 25.2 Å². The molecule has 0 unspecified atom stereocenters. The third-order valence-electron chi connectivity index (χ3n) is 1.51. The third kappa shape index (κ3) is 2.23. The molecule has 72 valence electrons. The van der Waals surface area contributed by atoms with Gasteiger partial charge in [-0.25, -0.2) is 0 Å². The van der Waals surface area contributed by atoms with E-state index in [-0.39, 0.29) is 0 Å². The fraction of sp³-hybridized carbons (Fsp3) is 0.833. The summed E-state index contributed by atoms with van der Waals surface area (Å²) in [4.78, 5) is 10.9. The highest BCUT2D eigenvalue weighted by atomic mass is 16.4. The first kappa shape index (κ1) is 11.5. The standard InChI is InChI=1S/C6H13NO5/c1-3(9)6(7,12)5(11)4(10)2-8/h3-4,8-10,12H,2,7H2,1H3/t3-,4+,6-/m1/s1. The summed E-state index contributed by atoms with van der Waals surface area (Å²) in [7, 11) is 0. The molecule has 0 aliphatic rings. The predicted octanol–water partition coefficient (Wildman–Crippen LogP) is -3.06. The molecule has 0 aliphatic heterocycles. The van der Waals surface area contributed by atoms with Gasteiger partial charge < -0.3 is 20.4 Å². The van der Waals surface area contributed by atoms with E-state index < -0.39 is 30.3 Å². The molecular weight excluding hydrogens is 166 g/mol. The van der Waals surface area contributed by atoms with Crippen molar-refractivity contribution >= 4 is 5.78 Å². The van der Waals surface area contributed by atoms with Gasteiger partial charge in [0.15, 0.2) is 0 Å². The lowest BCUT2D eigenvalue weighted by molar-refractivity contribution is -0.158. The van der Waals surface area contributed by atoms with Crippen molar-refractivity contribution in [3.05, 3.63) is 0 Å². The Bertz CT molecular complexity index is 167. The molecule has 0 bridgehead atoms. The average molecular weight is 179 g/mol. The SMILES string of the molecule is C[C@@H](O)[C@@](N)(O)C(=O)[C@@H](O)CO. The van der Waals surface area contributed by atoms with Crippen molar-refractivity contribution in [2.75, 3.05) is 6.61 Å². The Hall–Kier alpha value is -0.530. The summed E-state index contributed by atoms with van der Waals surface area (Å²) in [6, 6.07) is 0. The molecule has 0 fully saturated rings. The Kier molecular flexibility index (Phi) is 3.75. The summed E-state index contributed by atoms with van der Waals surface area (Å²) >= 11 is 0. The highest BCUT2D eigenvalue weighted by Gasteiger charge is 2.39. The summed E-state index contributed by atoms with van der Waals surface area (Å²) in [5, 5.41) is 35.0. The number of nitrogens with two attached hydrogens (primary N) is 1. The molecule has 0 rings (SSSR count). The van der Waals surface area contributed by atoms with E-state index >= 15 is 0 Å². The molecule has 0 spiro atoms. The van der Waals surface area contributed by atoms with Crippen molar-refractivity contribution in [3.8, 4) is 0 Å². The van der Waals surface area contributed by atoms with Crippen LogP contribution >= 0.6 is 0 Å². The topological polar surface area (TPSA) is 124 Å². The van der Waals surface area contributed by atoms with Crippen LogP contribution in [0.3, 0.4) is 0 Å². The van der Waals surface area contributed by atoms with Crippen molar-refractivity contribution in [3.63, 3.8) is 0 Å². The summed E-state index contributed by atoms with van der Waals surface area (Å²) in [5.41, 5.74) is 2.45. The second-order valence-corrected chi connectivity index (χ2v) is 2.56. The summed E-state index contributed by atoms with van der Waals surface area (Å²) in [6.07, 6.45) is -3.28. The number of Topliss-reactive ketones (excluding diaryl/α,β-unsaturated/α-hetero) is 1. The number of rotatable bonds is 4. The van der Waals surface area contributed by atoms with Crippen LogP contribution in [-0.2, 0) is 4.79 Å². The van der Waals surface area contributed by atoms with Gasteiger partial charge in [0.05, 0.1) is 6.61 Å². The maximum absolute atomic E-state index is 10.9. The number of aliphatic hydroxyl groups excluding tert-OH is 3. The van der Waals surface area contributed by atoms with E-state index in [4.69, 9.17) is 26.2 Å². The van der Waals surface area contributed by atoms with Gasteiger partial charge in [-0.2, -0.15) is 0 Å². The lowest BCUT2D eigenvalue weighted by atomic mass is 10.00. The van der Waals surface area contributed by atoms with Crippen LogP contribution in [0.4, 0.5) is 0 Å². The van der Waals surface area contributed by atoms with Crippen LogP contribution in [0.5, 0.6) is 0 Å². The number of carbonyl (C=O) groups is 1. The average Bonchev–Trinajstić information content (AvgIpc) is 2.01. The minimum atomic E-state index is -2.51. The van der Waals surface area contributed by atoms with Gasteiger partial charge in [-0.1, -0.05) is 0 Å². The number of hydrogen-bond donors (Lipinski definition) is 5. The second-order valence-electron chi connectivity index (χ2n) is 2.56. The van der Waals surface area contributed by atoms with Crippen molar-refractivity contribution in [2.45, 2.75) is 24.9 Å². The van der Waals surface area contributed by atoms with E-state index in [1.807, 2.05) is 0 Å². The van der Waals surface area contributed by atoms with Gasteiger partial charge in [0.25, 0.3) is 0 Å². The Morgan fingerprint density at radius 1 is 1.58 bits per heavy atom. The molecule has 0 radical (unpaired) electrons. The third-order valence-corrected chi connectivity index (χ3v) is 1.51. The minimum Gasteiger partial charge on any atom is -0.393 e. The van der Waals surface area contributed by atoms with Crippen molar-refractivity contribution in [1.29, 1.82) is 0 Å². The number of ketones is 1. The highest BCUT2D eigenvalue weighted by molar-refractivity contribution is 5.90. The zero-order valence-electron chi connectivity index (χ0n) is 6.64. The van der Waals surface area contributed by atoms with Gasteiger partial charge in [0.2, 0.25) is 11.5 Å². The molecule has 0 aliphatic carbocycles. The molecule has 6 nitrogen and oxygen atoms in total. The molecule has 12 heavy (non-hydrogen) atoms. The normalized spacial score (nSPS) is 21.2. The molecule has 0 aromatic heterocycles. The quantitative estimate of drug-likeness (QED) is 0.292. The van der Waals surface area contributed by atoms with Crippen LogP contribution in [0, 0.1) is 0 Å². The second kappa shape index (κ2) is 3.92. The van der Waals surface area contributed by atoms with Crippen LogP contribution in [0.25, 0.3) is 0 Å². The van der Waals surface area contributed by atoms with Crippen LogP contribution in [0.2, 0.25) is 0 Å². The lowest BCUT2D eigenvalue weighted by Gasteiger charge is -2.26. The number of aliphatic hydroxyl groups is 4. The van der Waals surface area contributed by atoms with E-state index in [0.717, 1.165) is 6.92 Å². The zero-order chi connectivity index (χ0) is 9.94. The minimum absolute atomic E-state index is 0.842. The molecule has 0 aromatic carbocycles. The number of hydrogen-bond acceptors (Lipinski definition) is 6. The van der Waals surface area contributed by atoms with Gasteiger partial charge in [-0.05, 0) is 6.92 Å². The summed E-state index contributed by atoms with van der Waals surface area (Å²) < 4.78 is 0. The van der Waals surface area contributed by atoms with Gasteiger partial charge in [-0.15, -0.1) is 0 Å². The van der Waals surface area contributed by atoms with Crippen LogP contribution < -0.4 is 5.73 Å². The van der Waals surface area contributed by atoms with Gasteiger partial charge >= 0.3 is 0 Å². The molecule has 0 heterocycles. The molecule has 6 heteroatoms. The molecule has 3 atom stereocenters. The summed E-state index contributed by atoms with van der Waals surface area (Å²) in [5.74, 6) is -1.21. The fourth-order valence-electron chi connectivity index (χ4n) is 0.556. The molecule has 0 saturated heterocycles. The first-order valence-corrected chi connectivity index (χ1v) is 3.36. The van der Waals surface area contributed by atoms with E-state index in [0.29, 0.717) is 0 Å². The fourth-order valence-corrected chi connectivity index (χ4v) is 0.556. The van der Waals surface area contributed by atoms with Gasteiger partial charge in [-0.3, -0.25) is 10.5 Å². The van der Waals surface area contributed by atoms with E-state index in [1.165, 1.54) is 0 Å². The van der Waals surface area contributed by atoms with Crippen molar-refractivity contribution in [1.82, 2.24) is 0 Å². The zero-order valence-corrected chi connectivity index (χ0v) is 6.64. The van der Waals surface area contributed by atoms with Crippen LogP contribution in [0.1, 0.15) is 6.92 Å². The molecule has 0 amide bonds. The maximum Gasteiger partial charge on any atom is 0.212 e. The molecular formula is C6H13NO5. The Morgan fingerprint density at radius 3 is 2.25 bits per heavy atom. The first-order valence-electron chi connectivity index (χ1n) is 3.36. The van der Waals surface area contributed by atoms with Gasteiger partial charge in [0.1, 0.15) is 12.2 Å². The highest BCUT2D eigenvalue weighted by Crippen LogP contribution is 2.06. The van der Waals surface area contributed by atoms with E-state index in [2.05, 4.69) is 0 Å².